The predicted octanol–water partition coefficient (Wildman–Crippen LogP) is 1.31. The van der Waals surface area contributed by atoms with Gasteiger partial charge in [0.2, 0.25) is 0 Å². The van der Waals surface area contributed by atoms with Gasteiger partial charge in [0.1, 0.15) is 0 Å². The van der Waals surface area contributed by atoms with Gasteiger partial charge in [0.15, 0.2) is 0 Å². The summed E-state index contributed by atoms with van der Waals surface area (Å²) in [5.74, 6) is 0.0369. The number of piperazine rings is 1. The third kappa shape index (κ3) is 4.03. The number of benzene rings is 1. The van der Waals surface area contributed by atoms with Crippen LogP contribution >= 0.6 is 0 Å². The second kappa shape index (κ2) is 7.32. The minimum Gasteiger partial charge on any atom is -0.369 e. The summed E-state index contributed by atoms with van der Waals surface area (Å²) in [6, 6.07) is 8.93. The number of amides is 1. The molecule has 1 atom stereocenters. The summed E-state index contributed by atoms with van der Waals surface area (Å²) in [6.07, 6.45) is 1.02. The van der Waals surface area contributed by atoms with Crippen molar-refractivity contribution in [2.75, 3.05) is 44.2 Å². The zero-order valence-corrected chi connectivity index (χ0v) is 14.2. The molecule has 0 spiro atoms. The van der Waals surface area contributed by atoms with Crippen molar-refractivity contribution in [2.45, 2.75) is 32.4 Å². The number of anilines is 1. The molecule has 0 saturated carbocycles. The van der Waals surface area contributed by atoms with Crippen LogP contribution < -0.4 is 15.5 Å². The standard InChI is InChI=1S/C18H28N4O/c1-14(2)21-9-11-22(12-10-21)17-5-3-15(4-6-17)18(23)20-16-7-8-19-13-16/h3-6,14,16,19H,7-13H2,1-2H3,(H,20,23). The molecular weight excluding hydrogens is 288 g/mol. The molecule has 2 N–H and O–H groups in total. The van der Waals surface area contributed by atoms with Gasteiger partial charge in [-0.05, 0) is 51.1 Å². The van der Waals surface area contributed by atoms with Crippen LogP contribution in [0, 0.1) is 0 Å². The van der Waals surface area contributed by atoms with Crippen LogP contribution in [0.4, 0.5) is 5.69 Å². The molecule has 2 fully saturated rings. The summed E-state index contributed by atoms with van der Waals surface area (Å²) < 4.78 is 0. The Bertz CT molecular complexity index is 514. The van der Waals surface area contributed by atoms with Crippen LogP contribution in [0.2, 0.25) is 0 Å². The maximum absolute atomic E-state index is 12.2. The first kappa shape index (κ1) is 16.3. The Morgan fingerprint density at radius 2 is 1.87 bits per heavy atom. The van der Waals surface area contributed by atoms with Gasteiger partial charge in [0, 0.05) is 56.1 Å². The molecular formula is C18H28N4O. The summed E-state index contributed by atoms with van der Waals surface area (Å²) in [5.41, 5.74) is 1.97. The van der Waals surface area contributed by atoms with Crippen molar-refractivity contribution in [3.05, 3.63) is 29.8 Å². The maximum Gasteiger partial charge on any atom is 0.251 e. The Kier molecular flexibility index (Phi) is 5.18. The average molecular weight is 316 g/mol. The summed E-state index contributed by atoms with van der Waals surface area (Å²) >= 11 is 0. The molecule has 0 bridgehead atoms. The number of carbonyl (C=O) groups is 1. The highest BCUT2D eigenvalue weighted by molar-refractivity contribution is 5.94. The number of nitrogens with one attached hydrogen (secondary N) is 2. The largest absolute Gasteiger partial charge is 0.369 e. The second-order valence-electron chi connectivity index (χ2n) is 6.83. The number of nitrogens with zero attached hydrogens (tertiary/aromatic N) is 2. The zero-order valence-electron chi connectivity index (χ0n) is 14.2. The van der Waals surface area contributed by atoms with Crippen molar-refractivity contribution < 1.29 is 4.79 Å². The highest BCUT2D eigenvalue weighted by Gasteiger charge is 2.20. The molecule has 2 aliphatic heterocycles. The summed E-state index contributed by atoms with van der Waals surface area (Å²) in [5, 5.41) is 6.36. The molecule has 5 heteroatoms. The van der Waals surface area contributed by atoms with E-state index in [-0.39, 0.29) is 11.9 Å². The van der Waals surface area contributed by atoms with Crippen molar-refractivity contribution in [1.29, 1.82) is 0 Å². The van der Waals surface area contributed by atoms with E-state index in [1.165, 1.54) is 5.69 Å². The Labute approximate surface area is 139 Å². The molecule has 23 heavy (non-hydrogen) atoms. The van der Waals surface area contributed by atoms with Crippen molar-refractivity contribution in [2.24, 2.45) is 0 Å². The topological polar surface area (TPSA) is 47.6 Å². The molecule has 0 radical (unpaired) electrons. The lowest BCUT2D eigenvalue weighted by Crippen LogP contribution is -2.48. The van der Waals surface area contributed by atoms with E-state index < -0.39 is 0 Å². The van der Waals surface area contributed by atoms with Crippen molar-refractivity contribution in [3.63, 3.8) is 0 Å². The lowest BCUT2D eigenvalue weighted by Gasteiger charge is -2.38. The first-order valence-electron chi connectivity index (χ1n) is 8.74. The molecule has 1 aromatic rings. The Morgan fingerprint density at radius 3 is 2.43 bits per heavy atom. The number of hydrogen-bond donors (Lipinski definition) is 2. The van der Waals surface area contributed by atoms with Crippen LogP contribution in [-0.2, 0) is 0 Å². The minimum absolute atomic E-state index is 0.0369. The molecule has 2 aliphatic rings. The van der Waals surface area contributed by atoms with Gasteiger partial charge in [-0.3, -0.25) is 9.69 Å². The number of rotatable bonds is 4. The fraction of sp³-hybridized carbons (Fsp3) is 0.611. The molecule has 1 unspecified atom stereocenters. The fourth-order valence-electron chi connectivity index (χ4n) is 3.37. The number of hydrogen-bond acceptors (Lipinski definition) is 4. The van der Waals surface area contributed by atoms with Gasteiger partial charge in [-0.15, -0.1) is 0 Å². The smallest absolute Gasteiger partial charge is 0.251 e. The minimum atomic E-state index is 0.0369. The van der Waals surface area contributed by atoms with E-state index in [2.05, 4.69) is 46.4 Å². The van der Waals surface area contributed by atoms with Crippen LogP contribution in [-0.4, -0.2) is 62.2 Å². The molecule has 2 saturated heterocycles. The third-order valence-electron chi connectivity index (χ3n) is 4.93. The third-order valence-corrected chi connectivity index (χ3v) is 4.93. The molecule has 0 aliphatic carbocycles. The highest BCUT2D eigenvalue weighted by Crippen LogP contribution is 2.18. The molecule has 3 rings (SSSR count). The van der Waals surface area contributed by atoms with Gasteiger partial charge in [-0.1, -0.05) is 0 Å². The molecule has 1 aromatic carbocycles. The van der Waals surface area contributed by atoms with E-state index in [1.54, 1.807) is 0 Å². The van der Waals surface area contributed by atoms with Crippen molar-refractivity contribution in [1.82, 2.24) is 15.5 Å². The zero-order chi connectivity index (χ0) is 16.2. The lowest BCUT2D eigenvalue weighted by molar-refractivity contribution is 0.0940. The van der Waals surface area contributed by atoms with E-state index >= 15 is 0 Å². The monoisotopic (exact) mass is 316 g/mol. The normalized spacial score (nSPS) is 22.6. The Balaban J connectivity index is 1.55. The average Bonchev–Trinajstić information content (AvgIpc) is 3.08. The van der Waals surface area contributed by atoms with Gasteiger partial charge in [0.05, 0.1) is 0 Å². The van der Waals surface area contributed by atoms with E-state index in [9.17, 15) is 4.79 Å². The highest BCUT2D eigenvalue weighted by atomic mass is 16.1. The molecule has 126 valence electrons. The predicted molar refractivity (Wildman–Crippen MR) is 94.1 cm³/mol. The van der Waals surface area contributed by atoms with E-state index in [4.69, 9.17) is 0 Å². The Hall–Kier alpha value is -1.59. The van der Waals surface area contributed by atoms with Crippen LogP contribution in [0.15, 0.2) is 24.3 Å². The van der Waals surface area contributed by atoms with Gasteiger partial charge in [0.25, 0.3) is 5.91 Å². The summed E-state index contributed by atoms with van der Waals surface area (Å²) in [4.78, 5) is 17.2. The van der Waals surface area contributed by atoms with E-state index in [0.29, 0.717) is 6.04 Å². The maximum atomic E-state index is 12.2. The SMILES string of the molecule is CC(C)N1CCN(c2ccc(C(=O)NC3CCNC3)cc2)CC1. The molecule has 1 amide bonds. The van der Waals surface area contributed by atoms with Crippen LogP contribution in [0.3, 0.4) is 0 Å². The van der Waals surface area contributed by atoms with E-state index in [1.807, 2.05) is 12.1 Å². The van der Waals surface area contributed by atoms with Gasteiger partial charge in [-0.25, -0.2) is 0 Å². The second-order valence-corrected chi connectivity index (χ2v) is 6.83. The molecule has 0 aromatic heterocycles. The quantitative estimate of drug-likeness (QED) is 0.879. The van der Waals surface area contributed by atoms with Crippen LogP contribution in [0.1, 0.15) is 30.6 Å². The van der Waals surface area contributed by atoms with Crippen LogP contribution in [0.5, 0.6) is 0 Å². The molecule has 2 heterocycles. The first-order valence-corrected chi connectivity index (χ1v) is 8.74. The Morgan fingerprint density at radius 1 is 1.17 bits per heavy atom. The fourth-order valence-corrected chi connectivity index (χ4v) is 3.37. The number of carbonyl (C=O) groups excluding carboxylic acids is 1. The van der Waals surface area contributed by atoms with Crippen molar-refractivity contribution in [3.8, 4) is 0 Å². The summed E-state index contributed by atoms with van der Waals surface area (Å²) in [7, 11) is 0. The van der Waals surface area contributed by atoms with Gasteiger partial charge in [-0.2, -0.15) is 0 Å². The first-order chi connectivity index (χ1) is 11.1. The van der Waals surface area contributed by atoms with Gasteiger partial charge >= 0.3 is 0 Å². The van der Waals surface area contributed by atoms with Gasteiger partial charge < -0.3 is 15.5 Å². The molecule has 5 nitrogen and oxygen atoms in total. The van der Waals surface area contributed by atoms with Crippen molar-refractivity contribution >= 4 is 11.6 Å². The van der Waals surface area contributed by atoms with E-state index in [0.717, 1.165) is 51.3 Å². The lowest BCUT2D eigenvalue weighted by atomic mass is 10.1. The summed E-state index contributed by atoms with van der Waals surface area (Å²) in [6.45, 7) is 10.7. The van der Waals surface area contributed by atoms with Crippen LogP contribution in [0.25, 0.3) is 0 Å².